The third-order valence-electron chi connectivity index (χ3n) is 3.61. The summed E-state index contributed by atoms with van der Waals surface area (Å²) in [5.41, 5.74) is 6.12. The predicted octanol–water partition coefficient (Wildman–Crippen LogP) is 4.46. The number of hydrogen-bond donors (Lipinski definition) is 1. The molecule has 4 heteroatoms. The lowest BCUT2D eigenvalue weighted by Gasteiger charge is -2.13. The molecule has 1 heterocycles. The molecule has 0 aliphatic heterocycles. The Kier molecular flexibility index (Phi) is 4.86. The largest absolute Gasteiger partial charge is 0.379 e. The molecule has 0 aliphatic rings. The fourth-order valence-electron chi connectivity index (χ4n) is 2.45. The van der Waals surface area contributed by atoms with Gasteiger partial charge < -0.3 is 5.32 Å². The van der Waals surface area contributed by atoms with E-state index in [0.29, 0.717) is 0 Å². The number of benzene rings is 1. The molecule has 0 spiro atoms. The smallest absolute Gasteiger partial charge is 0.0767 e. The maximum absolute atomic E-state index is 4.63. The average molecular weight is 336 g/mol. The van der Waals surface area contributed by atoms with Gasteiger partial charge in [-0.25, -0.2) is 0 Å². The number of rotatable bonds is 5. The summed E-state index contributed by atoms with van der Waals surface area (Å²) in [6.07, 6.45) is 0.948. The van der Waals surface area contributed by atoms with E-state index >= 15 is 0 Å². The van der Waals surface area contributed by atoms with Crippen molar-refractivity contribution in [1.82, 2.24) is 9.78 Å². The van der Waals surface area contributed by atoms with E-state index in [1.54, 1.807) is 0 Å². The first kappa shape index (κ1) is 15.1. The van der Waals surface area contributed by atoms with Crippen LogP contribution in [0, 0.1) is 13.8 Å². The van der Waals surface area contributed by atoms with Crippen molar-refractivity contribution in [2.24, 2.45) is 0 Å². The van der Waals surface area contributed by atoms with Crippen molar-refractivity contribution in [2.75, 3.05) is 5.32 Å². The monoisotopic (exact) mass is 335 g/mol. The Morgan fingerprint density at radius 2 is 1.85 bits per heavy atom. The fourth-order valence-corrected chi connectivity index (χ4v) is 3.16. The summed E-state index contributed by atoms with van der Waals surface area (Å²) < 4.78 is 3.21. The van der Waals surface area contributed by atoms with E-state index in [1.807, 2.05) is 0 Å². The SMILES string of the molecule is CCc1nn(CC)c(CNc2c(C)cccc2C)c1Br. The van der Waals surface area contributed by atoms with Crippen LogP contribution in [0.1, 0.15) is 36.4 Å². The van der Waals surface area contributed by atoms with Crippen molar-refractivity contribution in [3.63, 3.8) is 0 Å². The molecule has 0 amide bonds. The van der Waals surface area contributed by atoms with Crippen LogP contribution in [0.3, 0.4) is 0 Å². The number of aromatic nitrogens is 2. The summed E-state index contributed by atoms with van der Waals surface area (Å²) >= 11 is 3.69. The molecule has 20 heavy (non-hydrogen) atoms. The third-order valence-corrected chi connectivity index (χ3v) is 4.52. The summed E-state index contributed by atoms with van der Waals surface area (Å²) in [4.78, 5) is 0. The van der Waals surface area contributed by atoms with Crippen LogP contribution in [0.15, 0.2) is 22.7 Å². The van der Waals surface area contributed by atoms with Gasteiger partial charge in [0.15, 0.2) is 0 Å². The van der Waals surface area contributed by atoms with Gasteiger partial charge in [-0.05, 0) is 54.2 Å². The molecule has 0 bridgehead atoms. The number of nitrogens with zero attached hydrogens (tertiary/aromatic N) is 2. The molecule has 0 aliphatic carbocycles. The van der Waals surface area contributed by atoms with E-state index in [1.165, 1.54) is 22.5 Å². The van der Waals surface area contributed by atoms with E-state index in [-0.39, 0.29) is 0 Å². The van der Waals surface area contributed by atoms with Gasteiger partial charge in [-0.2, -0.15) is 5.10 Å². The van der Waals surface area contributed by atoms with Gasteiger partial charge in [0.1, 0.15) is 0 Å². The summed E-state index contributed by atoms with van der Waals surface area (Å²) in [5, 5.41) is 8.19. The van der Waals surface area contributed by atoms with Gasteiger partial charge in [-0.3, -0.25) is 4.68 Å². The molecule has 3 nitrogen and oxygen atoms in total. The maximum atomic E-state index is 4.63. The molecule has 0 atom stereocenters. The summed E-state index contributed by atoms with van der Waals surface area (Å²) in [7, 11) is 0. The van der Waals surface area contributed by atoms with Crippen LogP contribution < -0.4 is 5.32 Å². The van der Waals surface area contributed by atoms with Gasteiger partial charge in [-0.1, -0.05) is 25.1 Å². The van der Waals surface area contributed by atoms with Crippen molar-refractivity contribution < 1.29 is 0 Å². The normalized spacial score (nSPS) is 10.8. The summed E-state index contributed by atoms with van der Waals surface area (Å²) in [5.74, 6) is 0. The van der Waals surface area contributed by atoms with Crippen LogP contribution in [0.4, 0.5) is 5.69 Å². The Labute approximate surface area is 129 Å². The number of aryl methyl sites for hydroxylation is 4. The van der Waals surface area contributed by atoms with Crippen LogP contribution >= 0.6 is 15.9 Å². The molecule has 0 saturated carbocycles. The van der Waals surface area contributed by atoms with Crippen molar-refractivity contribution >= 4 is 21.6 Å². The topological polar surface area (TPSA) is 29.9 Å². The second-order valence-electron chi connectivity index (χ2n) is 5.00. The molecule has 1 N–H and O–H groups in total. The van der Waals surface area contributed by atoms with E-state index < -0.39 is 0 Å². The first-order chi connectivity index (χ1) is 9.58. The van der Waals surface area contributed by atoms with Crippen LogP contribution in [-0.2, 0) is 19.5 Å². The summed E-state index contributed by atoms with van der Waals surface area (Å²) in [6.45, 7) is 10.2. The zero-order valence-corrected chi connectivity index (χ0v) is 14.2. The zero-order valence-electron chi connectivity index (χ0n) is 12.6. The van der Waals surface area contributed by atoms with Crippen molar-refractivity contribution in [2.45, 2.75) is 47.2 Å². The Bertz CT molecular complexity index is 582. The molecule has 1 aromatic carbocycles. The van der Waals surface area contributed by atoms with E-state index in [2.05, 4.69) is 76.9 Å². The van der Waals surface area contributed by atoms with E-state index in [0.717, 1.165) is 29.7 Å². The molecule has 2 aromatic rings. The fraction of sp³-hybridized carbons (Fsp3) is 0.438. The minimum atomic E-state index is 0.785. The molecule has 108 valence electrons. The quantitative estimate of drug-likeness (QED) is 0.874. The molecule has 1 aromatic heterocycles. The molecular formula is C16H22BrN3. The van der Waals surface area contributed by atoms with Crippen LogP contribution in [-0.4, -0.2) is 9.78 Å². The van der Waals surface area contributed by atoms with Crippen LogP contribution in [0.5, 0.6) is 0 Å². The van der Waals surface area contributed by atoms with Gasteiger partial charge in [-0.15, -0.1) is 0 Å². The van der Waals surface area contributed by atoms with Crippen molar-refractivity contribution in [3.8, 4) is 0 Å². The number of nitrogens with one attached hydrogen (secondary N) is 1. The highest BCUT2D eigenvalue weighted by Gasteiger charge is 2.14. The van der Waals surface area contributed by atoms with Gasteiger partial charge >= 0.3 is 0 Å². The highest BCUT2D eigenvalue weighted by molar-refractivity contribution is 9.10. The highest BCUT2D eigenvalue weighted by atomic mass is 79.9. The number of para-hydroxylation sites is 1. The van der Waals surface area contributed by atoms with Gasteiger partial charge in [0.2, 0.25) is 0 Å². The molecule has 2 rings (SSSR count). The lowest BCUT2D eigenvalue weighted by molar-refractivity contribution is 0.619. The first-order valence-electron chi connectivity index (χ1n) is 7.12. The highest BCUT2D eigenvalue weighted by Crippen LogP contribution is 2.25. The average Bonchev–Trinajstić information content (AvgIpc) is 2.74. The molecular weight excluding hydrogens is 314 g/mol. The number of anilines is 1. The van der Waals surface area contributed by atoms with E-state index in [4.69, 9.17) is 0 Å². The third kappa shape index (κ3) is 2.90. The Hall–Kier alpha value is -1.29. The van der Waals surface area contributed by atoms with Gasteiger partial charge in [0.05, 0.1) is 22.4 Å². The first-order valence-corrected chi connectivity index (χ1v) is 7.91. The minimum Gasteiger partial charge on any atom is -0.379 e. The Morgan fingerprint density at radius 1 is 1.20 bits per heavy atom. The lowest BCUT2D eigenvalue weighted by Crippen LogP contribution is -2.09. The zero-order chi connectivity index (χ0) is 14.7. The second kappa shape index (κ2) is 6.44. The maximum Gasteiger partial charge on any atom is 0.0767 e. The molecule has 0 radical (unpaired) electrons. The minimum absolute atomic E-state index is 0.785. The van der Waals surface area contributed by atoms with E-state index in [9.17, 15) is 0 Å². The van der Waals surface area contributed by atoms with Gasteiger partial charge in [0.25, 0.3) is 0 Å². The standard InChI is InChI=1S/C16H22BrN3/c1-5-13-15(17)14(20(6-2)19-13)10-18-16-11(3)8-7-9-12(16)4/h7-9,18H,5-6,10H2,1-4H3. The van der Waals surface area contributed by atoms with Gasteiger partial charge in [0, 0.05) is 12.2 Å². The van der Waals surface area contributed by atoms with Crippen LogP contribution in [0.25, 0.3) is 0 Å². The lowest BCUT2D eigenvalue weighted by atomic mass is 10.1. The Morgan fingerprint density at radius 3 is 2.40 bits per heavy atom. The molecule has 0 unspecified atom stereocenters. The summed E-state index contributed by atoms with van der Waals surface area (Å²) in [6, 6.07) is 6.37. The number of halogens is 1. The predicted molar refractivity (Wildman–Crippen MR) is 88.2 cm³/mol. The van der Waals surface area contributed by atoms with Crippen molar-refractivity contribution in [3.05, 3.63) is 45.2 Å². The second-order valence-corrected chi connectivity index (χ2v) is 5.79. The van der Waals surface area contributed by atoms with Crippen LogP contribution in [0.2, 0.25) is 0 Å². The number of hydrogen-bond acceptors (Lipinski definition) is 2. The Balaban J connectivity index is 2.25. The van der Waals surface area contributed by atoms with Crippen molar-refractivity contribution in [1.29, 1.82) is 0 Å². The molecule has 0 fully saturated rings. The molecule has 0 saturated heterocycles.